The Balaban J connectivity index is 0.977. The van der Waals surface area contributed by atoms with E-state index in [9.17, 15) is 0 Å². The van der Waals surface area contributed by atoms with E-state index in [1.165, 1.54) is 16.3 Å². The summed E-state index contributed by atoms with van der Waals surface area (Å²) in [6.07, 6.45) is 14.2. The summed E-state index contributed by atoms with van der Waals surface area (Å²) in [6.45, 7) is 9.21. The van der Waals surface area contributed by atoms with Crippen LogP contribution in [0.1, 0.15) is 39.4 Å². The van der Waals surface area contributed by atoms with Crippen molar-refractivity contribution in [1.29, 1.82) is 0 Å². The van der Waals surface area contributed by atoms with Crippen molar-refractivity contribution in [2.45, 2.75) is 52.0 Å². The van der Waals surface area contributed by atoms with E-state index in [1.54, 1.807) is 24.9 Å². The third kappa shape index (κ3) is 7.19. The number of fused-ring (bicyclic) bond motifs is 9. The predicted octanol–water partition coefficient (Wildman–Crippen LogP) is 16.0. The second kappa shape index (κ2) is 17.6. The molecule has 0 bridgehead atoms. The summed E-state index contributed by atoms with van der Waals surface area (Å²) in [4.78, 5) is 20.9. The van der Waals surface area contributed by atoms with Gasteiger partial charge in [-0.2, -0.15) is 0 Å². The first-order chi connectivity index (χ1) is 37.8. The van der Waals surface area contributed by atoms with Crippen LogP contribution in [0.2, 0.25) is 0 Å². The SMILES string of the molecule is CC1NC(c2cccc(-n3c4ccccc4c4cc(-c5cc(-c6cccc(-c7ncco7)c6)c6oc7c(-c8cccc(-c9ncco9)c8)cc(-n8c9cnccc9c9ccncc98)cc7c6c5)ccc43)c2)N(C(C)C)C1C. The number of hydrogen-bond donors (Lipinski definition) is 1. The lowest BCUT2D eigenvalue weighted by Crippen LogP contribution is -2.38. The van der Waals surface area contributed by atoms with Crippen molar-refractivity contribution in [2.24, 2.45) is 0 Å². The van der Waals surface area contributed by atoms with Crippen molar-refractivity contribution in [3.05, 3.63) is 207 Å². The van der Waals surface area contributed by atoms with Gasteiger partial charge < -0.3 is 22.4 Å². The minimum Gasteiger partial charge on any atom is -0.455 e. The zero-order valence-electron chi connectivity index (χ0n) is 42.7. The van der Waals surface area contributed by atoms with Gasteiger partial charge in [0.2, 0.25) is 11.8 Å². The van der Waals surface area contributed by atoms with Crippen molar-refractivity contribution in [2.75, 3.05) is 0 Å². The molecule has 7 aromatic heterocycles. The number of furan rings is 1. The monoisotopic (exact) mass is 1000 g/mol. The first-order valence-corrected chi connectivity index (χ1v) is 26.2. The summed E-state index contributed by atoms with van der Waals surface area (Å²) < 4.78 is 23.7. The fraction of sp³-hybridized carbons (Fsp3) is 0.121. The van der Waals surface area contributed by atoms with Crippen molar-refractivity contribution >= 4 is 65.6 Å². The zero-order chi connectivity index (χ0) is 51.5. The van der Waals surface area contributed by atoms with Gasteiger partial charge in [0.1, 0.15) is 23.7 Å². The Bertz CT molecular complexity index is 4550. The molecule has 1 aliphatic rings. The second-order valence-corrected chi connectivity index (χ2v) is 20.6. The Kier molecular flexibility index (Phi) is 10.3. The summed E-state index contributed by atoms with van der Waals surface area (Å²) in [5.74, 6) is 1.09. The third-order valence-electron chi connectivity index (χ3n) is 16.0. The first kappa shape index (κ1) is 45.0. The molecule has 11 heteroatoms. The van der Waals surface area contributed by atoms with E-state index >= 15 is 0 Å². The number of nitrogens with zero attached hydrogens (tertiary/aromatic N) is 7. The van der Waals surface area contributed by atoms with Gasteiger partial charge in [-0.15, -0.1) is 0 Å². The third-order valence-corrected chi connectivity index (χ3v) is 16.0. The van der Waals surface area contributed by atoms with E-state index in [-0.39, 0.29) is 6.17 Å². The maximum Gasteiger partial charge on any atom is 0.225 e. The lowest BCUT2D eigenvalue weighted by atomic mass is 9.93. The van der Waals surface area contributed by atoms with E-state index in [2.05, 4.69) is 200 Å². The smallest absolute Gasteiger partial charge is 0.225 e. The van der Waals surface area contributed by atoms with Gasteiger partial charge in [-0.3, -0.25) is 20.2 Å². The highest BCUT2D eigenvalue weighted by Crippen LogP contribution is 2.46. The molecular weight excluding hydrogens is 953 g/mol. The predicted molar refractivity (Wildman–Crippen MR) is 307 cm³/mol. The molecule has 15 rings (SSSR count). The van der Waals surface area contributed by atoms with Crippen LogP contribution in [0.25, 0.3) is 133 Å². The summed E-state index contributed by atoms with van der Waals surface area (Å²) in [5, 5.41) is 10.4. The summed E-state index contributed by atoms with van der Waals surface area (Å²) in [7, 11) is 0. The number of aromatic nitrogens is 6. The van der Waals surface area contributed by atoms with Gasteiger partial charge in [-0.05, 0) is 147 Å². The van der Waals surface area contributed by atoms with E-state index in [1.807, 2.05) is 43.0 Å². The fourth-order valence-corrected chi connectivity index (χ4v) is 12.3. The van der Waals surface area contributed by atoms with Gasteiger partial charge in [0, 0.05) is 96.5 Å². The van der Waals surface area contributed by atoms with Crippen LogP contribution in [-0.4, -0.2) is 52.1 Å². The molecule has 8 heterocycles. The zero-order valence-corrected chi connectivity index (χ0v) is 42.7. The molecular formula is C66H50N8O3. The van der Waals surface area contributed by atoms with E-state index in [0.717, 1.165) is 111 Å². The van der Waals surface area contributed by atoms with Crippen LogP contribution >= 0.6 is 0 Å². The molecule has 0 spiro atoms. The van der Waals surface area contributed by atoms with Crippen LogP contribution in [0.3, 0.4) is 0 Å². The lowest BCUT2D eigenvalue weighted by molar-refractivity contribution is 0.150. The molecule has 0 aliphatic carbocycles. The van der Waals surface area contributed by atoms with Gasteiger partial charge >= 0.3 is 0 Å². The highest BCUT2D eigenvalue weighted by atomic mass is 16.3. The first-order valence-electron chi connectivity index (χ1n) is 26.2. The van der Waals surface area contributed by atoms with Crippen LogP contribution in [0.15, 0.2) is 215 Å². The number of oxazole rings is 2. The van der Waals surface area contributed by atoms with Crippen LogP contribution in [0.4, 0.5) is 0 Å². The number of benzene rings is 7. The molecule has 1 saturated heterocycles. The van der Waals surface area contributed by atoms with Crippen molar-refractivity contribution in [1.82, 2.24) is 39.3 Å². The van der Waals surface area contributed by atoms with Gasteiger partial charge in [0.05, 0.1) is 53.0 Å². The van der Waals surface area contributed by atoms with Crippen molar-refractivity contribution < 1.29 is 13.3 Å². The van der Waals surface area contributed by atoms with Crippen molar-refractivity contribution in [3.63, 3.8) is 0 Å². The number of pyridine rings is 2. The Morgan fingerprint density at radius 3 is 1.74 bits per heavy atom. The summed E-state index contributed by atoms with van der Waals surface area (Å²) in [6, 6.07) is 55.8. The number of rotatable bonds is 9. The summed E-state index contributed by atoms with van der Waals surface area (Å²) in [5.41, 5.74) is 16.7. The minimum absolute atomic E-state index is 0.117. The molecule has 1 aliphatic heterocycles. The Morgan fingerprint density at radius 2 is 1.06 bits per heavy atom. The molecule has 3 atom stereocenters. The molecule has 0 radical (unpaired) electrons. The fourth-order valence-electron chi connectivity index (χ4n) is 12.3. The molecule has 1 fully saturated rings. The molecule has 7 aromatic carbocycles. The van der Waals surface area contributed by atoms with Gasteiger partial charge in [-0.1, -0.05) is 60.7 Å². The topological polar surface area (TPSA) is 116 Å². The molecule has 11 nitrogen and oxygen atoms in total. The number of para-hydroxylation sites is 1. The average molecular weight is 1000 g/mol. The Hall–Kier alpha value is -9.42. The van der Waals surface area contributed by atoms with E-state index in [0.29, 0.717) is 29.9 Å². The average Bonchev–Trinajstić information content (AvgIpc) is 4.52. The van der Waals surface area contributed by atoms with E-state index in [4.69, 9.17) is 13.3 Å². The standard InChI is InChI=1S/C66H50N8O3/c1-38(2)72-40(4)39(3)71-64(72)44-12-9-15-48(30-44)73-58-17-6-5-16-50(58)55-31-41(18-19-59(55)73)47-32-53(42-10-7-13-45(28-42)65-69-24-26-75-65)62-56(33-47)57-35-49(74-60-36-67-22-20-51(60)52-21-23-68-37-61(52)74)34-54(63(57)77-62)43-11-8-14-46(29-43)66-70-25-27-76-66/h5-40,64,71H,1-4H3. The number of hydrogen-bond acceptors (Lipinski definition) is 9. The maximum atomic E-state index is 7.36. The molecule has 0 saturated carbocycles. The normalized spacial score (nSPS) is 16.2. The molecule has 77 heavy (non-hydrogen) atoms. The Morgan fingerprint density at radius 1 is 0.468 bits per heavy atom. The largest absolute Gasteiger partial charge is 0.455 e. The van der Waals surface area contributed by atoms with Crippen LogP contribution in [-0.2, 0) is 0 Å². The van der Waals surface area contributed by atoms with Crippen LogP contribution < -0.4 is 5.32 Å². The van der Waals surface area contributed by atoms with Gasteiger partial charge in [0.15, 0.2) is 0 Å². The minimum atomic E-state index is 0.117. The molecule has 0 amide bonds. The molecule has 14 aromatic rings. The second-order valence-electron chi connectivity index (χ2n) is 20.6. The van der Waals surface area contributed by atoms with Crippen LogP contribution in [0.5, 0.6) is 0 Å². The highest BCUT2D eigenvalue weighted by Gasteiger charge is 2.38. The molecule has 3 unspecified atom stereocenters. The number of nitrogens with one attached hydrogen (secondary N) is 1. The van der Waals surface area contributed by atoms with E-state index < -0.39 is 0 Å². The quantitative estimate of drug-likeness (QED) is 0.151. The van der Waals surface area contributed by atoms with Crippen LogP contribution in [0, 0.1) is 0 Å². The van der Waals surface area contributed by atoms with Gasteiger partial charge in [0.25, 0.3) is 0 Å². The lowest BCUT2D eigenvalue weighted by Gasteiger charge is -2.32. The molecule has 1 N–H and O–H groups in total. The van der Waals surface area contributed by atoms with Gasteiger partial charge in [-0.25, -0.2) is 9.97 Å². The maximum absolute atomic E-state index is 7.36. The van der Waals surface area contributed by atoms with Crippen molar-refractivity contribution in [3.8, 4) is 67.7 Å². The highest BCUT2D eigenvalue weighted by molar-refractivity contribution is 6.17. The summed E-state index contributed by atoms with van der Waals surface area (Å²) >= 11 is 0. The molecule has 372 valence electrons. The Labute approximate surface area is 442 Å².